The number of carbonyl (C=O) groups excluding carboxylic acids is 2. The van der Waals surface area contributed by atoms with Crippen LogP contribution in [0.1, 0.15) is 54.6 Å². The van der Waals surface area contributed by atoms with Crippen molar-refractivity contribution in [3.63, 3.8) is 0 Å². The van der Waals surface area contributed by atoms with Crippen molar-refractivity contribution in [2.75, 3.05) is 18.8 Å². The number of rotatable bonds is 2. The highest BCUT2D eigenvalue weighted by atomic mass is 16.2. The number of anilines is 1. The van der Waals surface area contributed by atoms with Gasteiger partial charge in [-0.15, -0.1) is 0 Å². The molecule has 138 valence electrons. The molecular weight excluding hydrogens is 328 g/mol. The van der Waals surface area contributed by atoms with Crippen molar-refractivity contribution in [2.24, 2.45) is 11.3 Å². The van der Waals surface area contributed by atoms with Crippen LogP contribution in [0.2, 0.25) is 0 Å². The van der Waals surface area contributed by atoms with Crippen molar-refractivity contribution < 1.29 is 9.59 Å². The van der Waals surface area contributed by atoms with E-state index in [1.807, 2.05) is 17.9 Å². The molecule has 0 spiro atoms. The van der Waals surface area contributed by atoms with Gasteiger partial charge in [0.05, 0.1) is 11.1 Å². The third kappa shape index (κ3) is 2.14. The SMILES string of the molecule is Cc1ccnc(C(=O)N2CCC3CCC(C2)N3C(=O)C23CC(C2)C3)c1N. The lowest BCUT2D eigenvalue weighted by molar-refractivity contribution is -0.179. The molecule has 6 nitrogen and oxygen atoms in total. The number of hydrogen-bond acceptors (Lipinski definition) is 4. The van der Waals surface area contributed by atoms with Gasteiger partial charge in [-0.3, -0.25) is 9.59 Å². The van der Waals surface area contributed by atoms with Gasteiger partial charge in [-0.25, -0.2) is 4.98 Å². The third-order valence-corrected chi connectivity index (χ3v) is 7.21. The van der Waals surface area contributed by atoms with Gasteiger partial charge in [0.25, 0.3) is 5.91 Å². The largest absolute Gasteiger partial charge is 0.397 e. The normalized spacial score (nSPS) is 34.7. The van der Waals surface area contributed by atoms with Gasteiger partial charge in [0.2, 0.25) is 5.91 Å². The fourth-order valence-electron chi connectivity index (χ4n) is 5.49. The van der Waals surface area contributed by atoms with E-state index in [4.69, 9.17) is 5.73 Å². The second-order valence-corrected chi connectivity index (χ2v) is 8.79. The first kappa shape index (κ1) is 16.1. The number of aryl methyl sites for hydroxylation is 1. The molecule has 3 saturated carbocycles. The zero-order chi connectivity index (χ0) is 18.1. The molecule has 2 saturated heterocycles. The van der Waals surface area contributed by atoms with E-state index in [1.165, 1.54) is 0 Å². The first-order valence-electron chi connectivity index (χ1n) is 9.82. The number of likely N-dealkylation sites (tertiary alicyclic amines) is 1. The highest BCUT2D eigenvalue weighted by molar-refractivity contribution is 5.97. The standard InChI is InChI=1S/C20H26N4O2/c1-12-4-6-22-17(16(12)21)18(25)23-7-5-14-2-3-15(11-23)24(14)19(26)20-8-13(9-20)10-20/h4,6,13-15H,2-3,5,7-11,21H2,1H3. The van der Waals surface area contributed by atoms with Crippen LogP contribution in [0.15, 0.2) is 12.3 Å². The molecule has 2 unspecified atom stereocenters. The molecule has 2 aliphatic heterocycles. The summed E-state index contributed by atoms with van der Waals surface area (Å²) in [5.41, 5.74) is 7.75. The smallest absolute Gasteiger partial charge is 0.274 e. The van der Waals surface area contributed by atoms with Crippen LogP contribution in [0.4, 0.5) is 5.69 Å². The second-order valence-electron chi connectivity index (χ2n) is 8.79. The molecule has 2 atom stereocenters. The van der Waals surface area contributed by atoms with E-state index in [0.717, 1.165) is 50.0 Å². The van der Waals surface area contributed by atoms with Gasteiger partial charge in [0.15, 0.2) is 5.69 Å². The fourth-order valence-corrected chi connectivity index (χ4v) is 5.49. The molecule has 0 aromatic carbocycles. The second kappa shape index (κ2) is 5.44. The van der Waals surface area contributed by atoms with Gasteiger partial charge in [0, 0.05) is 31.4 Å². The van der Waals surface area contributed by atoms with E-state index in [0.29, 0.717) is 36.4 Å². The molecule has 6 heteroatoms. The molecule has 5 fully saturated rings. The number of aromatic nitrogens is 1. The summed E-state index contributed by atoms with van der Waals surface area (Å²) in [6.07, 6.45) is 7.84. The van der Waals surface area contributed by atoms with Gasteiger partial charge in [-0.2, -0.15) is 0 Å². The monoisotopic (exact) mass is 354 g/mol. The highest BCUT2D eigenvalue weighted by Gasteiger charge is 2.63. The van der Waals surface area contributed by atoms with Crippen molar-refractivity contribution in [2.45, 2.75) is 57.5 Å². The Morgan fingerprint density at radius 3 is 2.62 bits per heavy atom. The molecule has 2 N–H and O–H groups in total. The van der Waals surface area contributed by atoms with Crippen molar-refractivity contribution in [3.05, 3.63) is 23.5 Å². The average Bonchev–Trinajstić information content (AvgIpc) is 2.81. The maximum atomic E-state index is 13.2. The van der Waals surface area contributed by atoms with Crippen LogP contribution in [0.25, 0.3) is 0 Å². The summed E-state index contributed by atoms with van der Waals surface area (Å²) in [6.45, 7) is 3.17. The Balaban J connectivity index is 1.37. The van der Waals surface area contributed by atoms with Gasteiger partial charge >= 0.3 is 0 Å². The summed E-state index contributed by atoms with van der Waals surface area (Å²) < 4.78 is 0. The number of fused-ring (bicyclic) bond motifs is 2. The molecule has 4 bridgehead atoms. The zero-order valence-electron chi connectivity index (χ0n) is 15.3. The van der Waals surface area contributed by atoms with Crippen LogP contribution in [0.5, 0.6) is 0 Å². The summed E-state index contributed by atoms with van der Waals surface area (Å²) in [6, 6.07) is 2.27. The Labute approximate surface area is 153 Å². The van der Waals surface area contributed by atoms with Crippen LogP contribution in [-0.2, 0) is 4.79 Å². The Bertz CT molecular complexity index is 775. The topological polar surface area (TPSA) is 79.5 Å². The third-order valence-electron chi connectivity index (χ3n) is 7.21. The summed E-state index contributed by atoms with van der Waals surface area (Å²) in [5, 5.41) is 0. The quantitative estimate of drug-likeness (QED) is 0.881. The highest BCUT2D eigenvalue weighted by Crippen LogP contribution is 2.65. The number of nitrogens with zero attached hydrogens (tertiary/aromatic N) is 3. The van der Waals surface area contributed by atoms with Gasteiger partial charge in [-0.1, -0.05) is 0 Å². The maximum Gasteiger partial charge on any atom is 0.274 e. The predicted molar refractivity (Wildman–Crippen MR) is 97.3 cm³/mol. The molecule has 3 heterocycles. The van der Waals surface area contributed by atoms with Crippen LogP contribution in [0, 0.1) is 18.3 Å². The minimum Gasteiger partial charge on any atom is -0.397 e. The van der Waals surface area contributed by atoms with E-state index < -0.39 is 0 Å². The van der Waals surface area contributed by atoms with Crippen LogP contribution in [0.3, 0.4) is 0 Å². The van der Waals surface area contributed by atoms with Crippen LogP contribution in [-0.4, -0.2) is 51.8 Å². The molecule has 5 aliphatic rings. The lowest BCUT2D eigenvalue weighted by Crippen LogP contribution is -2.63. The molecule has 3 aliphatic carbocycles. The average molecular weight is 354 g/mol. The van der Waals surface area contributed by atoms with E-state index in [9.17, 15) is 9.59 Å². The molecule has 26 heavy (non-hydrogen) atoms. The Hall–Kier alpha value is -2.11. The number of hydrogen-bond donors (Lipinski definition) is 1. The molecule has 1 aromatic heterocycles. The summed E-state index contributed by atoms with van der Waals surface area (Å²) in [5.74, 6) is 1.07. The Morgan fingerprint density at radius 2 is 1.92 bits per heavy atom. The summed E-state index contributed by atoms with van der Waals surface area (Å²) in [7, 11) is 0. The number of carbonyl (C=O) groups is 2. The molecular formula is C20H26N4O2. The van der Waals surface area contributed by atoms with E-state index in [-0.39, 0.29) is 17.4 Å². The first-order valence-corrected chi connectivity index (χ1v) is 9.82. The summed E-state index contributed by atoms with van der Waals surface area (Å²) in [4.78, 5) is 34.5. The Morgan fingerprint density at radius 1 is 1.19 bits per heavy atom. The molecule has 0 radical (unpaired) electrons. The van der Waals surface area contributed by atoms with Crippen LogP contribution < -0.4 is 5.73 Å². The summed E-state index contributed by atoms with van der Waals surface area (Å²) >= 11 is 0. The fraction of sp³-hybridized carbons (Fsp3) is 0.650. The minimum absolute atomic E-state index is 0.0345. The molecule has 6 rings (SSSR count). The van der Waals surface area contributed by atoms with E-state index >= 15 is 0 Å². The number of nitrogen functional groups attached to an aromatic ring is 1. The minimum atomic E-state index is -0.100. The van der Waals surface area contributed by atoms with Gasteiger partial charge < -0.3 is 15.5 Å². The lowest BCUT2D eigenvalue weighted by Gasteiger charge is -2.61. The van der Waals surface area contributed by atoms with Crippen molar-refractivity contribution in [1.29, 1.82) is 0 Å². The van der Waals surface area contributed by atoms with Crippen molar-refractivity contribution in [3.8, 4) is 0 Å². The number of amides is 2. The number of nitrogens with two attached hydrogens (primary N) is 1. The maximum absolute atomic E-state index is 13.2. The Kier molecular flexibility index (Phi) is 3.37. The lowest BCUT2D eigenvalue weighted by atomic mass is 9.44. The zero-order valence-corrected chi connectivity index (χ0v) is 15.3. The first-order chi connectivity index (χ1) is 12.5. The molecule has 1 aromatic rings. The number of pyridine rings is 1. The predicted octanol–water partition coefficient (Wildman–Crippen LogP) is 1.98. The van der Waals surface area contributed by atoms with E-state index in [1.54, 1.807) is 6.20 Å². The van der Waals surface area contributed by atoms with Gasteiger partial charge in [-0.05, 0) is 63.0 Å². The van der Waals surface area contributed by atoms with Crippen molar-refractivity contribution >= 4 is 17.5 Å². The van der Waals surface area contributed by atoms with E-state index in [2.05, 4.69) is 9.88 Å². The van der Waals surface area contributed by atoms with Crippen LogP contribution >= 0.6 is 0 Å². The molecule has 2 amide bonds. The van der Waals surface area contributed by atoms with Crippen molar-refractivity contribution in [1.82, 2.24) is 14.8 Å². The van der Waals surface area contributed by atoms with Gasteiger partial charge in [0.1, 0.15) is 0 Å².